The molecule has 0 amide bonds. The molecular formula is C18H22N6O2. The molecule has 4 N–H and O–H groups in total. The Bertz CT molecular complexity index is 1010. The maximum absolute atomic E-state index is 13.3. The first-order valence-electron chi connectivity index (χ1n) is 8.77. The zero-order valence-corrected chi connectivity index (χ0v) is 14.9. The van der Waals surface area contributed by atoms with Gasteiger partial charge < -0.3 is 10.8 Å². The summed E-state index contributed by atoms with van der Waals surface area (Å²) in [5.41, 5.74) is 7.62. The van der Waals surface area contributed by atoms with Crippen molar-refractivity contribution >= 4 is 17.0 Å². The monoisotopic (exact) mass is 354 g/mol. The summed E-state index contributed by atoms with van der Waals surface area (Å²) in [5.74, 6) is 0.155. The number of aromatic amines is 1. The van der Waals surface area contributed by atoms with Crippen molar-refractivity contribution in [2.75, 3.05) is 5.73 Å². The van der Waals surface area contributed by atoms with Crippen LogP contribution in [0.25, 0.3) is 22.2 Å². The molecule has 0 unspecified atom stereocenters. The number of nitrogen functional groups attached to an aromatic ring is 1. The van der Waals surface area contributed by atoms with Crippen LogP contribution < -0.4 is 11.3 Å². The molecule has 3 aromatic heterocycles. The smallest absolute Gasteiger partial charge is 0.260 e. The van der Waals surface area contributed by atoms with Crippen LogP contribution in [-0.2, 0) is 0 Å². The topological polar surface area (TPSA) is 123 Å². The first-order valence-corrected chi connectivity index (χ1v) is 8.77. The number of fused-ring (bicyclic) bond motifs is 1. The summed E-state index contributed by atoms with van der Waals surface area (Å²) < 4.78 is 1.73. The highest BCUT2D eigenvalue weighted by Gasteiger charge is 2.31. The van der Waals surface area contributed by atoms with Gasteiger partial charge in [0.15, 0.2) is 0 Å². The van der Waals surface area contributed by atoms with Crippen molar-refractivity contribution in [3.63, 3.8) is 0 Å². The number of rotatable bonds is 2. The molecule has 1 saturated carbocycles. The van der Waals surface area contributed by atoms with Crippen LogP contribution in [0.2, 0.25) is 0 Å². The average Bonchev–Trinajstić information content (AvgIpc) is 3.09. The van der Waals surface area contributed by atoms with Crippen molar-refractivity contribution in [1.29, 1.82) is 0 Å². The Morgan fingerprint density at radius 1 is 1.35 bits per heavy atom. The Morgan fingerprint density at radius 3 is 2.73 bits per heavy atom. The van der Waals surface area contributed by atoms with Crippen LogP contribution in [0.4, 0.5) is 5.95 Å². The van der Waals surface area contributed by atoms with E-state index in [0.29, 0.717) is 36.9 Å². The third-order valence-electron chi connectivity index (χ3n) is 5.31. The van der Waals surface area contributed by atoms with Gasteiger partial charge in [-0.3, -0.25) is 14.5 Å². The largest absolute Gasteiger partial charge is 0.390 e. The fourth-order valence-corrected chi connectivity index (χ4v) is 3.80. The second-order valence-electron chi connectivity index (χ2n) is 7.35. The molecule has 0 aromatic carbocycles. The molecule has 136 valence electrons. The van der Waals surface area contributed by atoms with Gasteiger partial charge in [-0.25, -0.2) is 4.98 Å². The van der Waals surface area contributed by atoms with Crippen LogP contribution in [0.1, 0.15) is 44.3 Å². The third kappa shape index (κ3) is 2.76. The minimum Gasteiger partial charge on any atom is -0.390 e. The van der Waals surface area contributed by atoms with Crippen molar-refractivity contribution in [1.82, 2.24) is 24.7 Å². The number of nitrogens with one attached hydrogen (secondary N) is 1. The first kappa shape index (κ1) is 16.7. The highest BCUT2D eigenvalue weighted by Crippen LogP contribution is 2.36. The maximum atomic E-state index is 13.3. The number of nitrogens with zero attached hydrogens (tertiary/aromatic N) is 4. The lowest BCUT2D eigenvalue weighted by molar-refractivity contribution is 0.0100. The van der Waals surface area contributed by atoms with Crippen molar-refractivity contribution in [2.24, 2.45) is 0 Å². The normalized spacial score (nSPS) is 23.4. The van der Waals surface area contributed by atoms with E-state index in [1.165, 1.54) is 0 Å². The molecular weight excluding hydrogens is 332 g/mol. The second kappa shape index (κ2) is 5.91. The number of aryl methyl sites for hydroxylation is 1. The summed E-state index contributed by atoms with van der Waals surface area (Å²) in [5, 5.41) is 17.8. The number of hydrogen-bond acceptors (Lipinski definition) is 6. The fraction of sp³-hybridized carbons (Fsp3) is 0.444. The molecule has 26 heavy (non-hydrogen) atoms. The van der Waals surface area contributed by atoms with Crippen molar-refractivity contribution in [3.8, 4) is 11.1 Å². The van der Waals surface area contributed by atoms with Gasteiger partial charge in [0.1, 0.15) is 5.65 Å². The molecule has 1 aliphatic carbocycles. The predicted octanol–water partition coefficient (Wildman–Crippen LogP) is 1.94. The Kier molecular flexibility index (Phi) is 3.80. The molecule has 3 aromatic rings. The molecule has 0 spiro atoms. The van der Waals surface area contributed by atoms with Gasteiger partial charge >= 0.3 is 0 Å². The van der Waals surface area contributed by atoms with Gasteiger partial charge in [-0.15, -0.1) is 0 Å². The lowest BCUT2D eigenvalue weighted by Crippen LogP contribution is -2.35. The highest BCUT2D eigenvalue weighted by atomic mass is 16.3. The number of pyridine rings is 1. The quantitative estimate of drug-likeness (QED) is 0.646. The van der Waals surface area contributed by atoms with E-state index >= 15 is 0 Å². The third-order valence-corrected chi connectivity index (χ3v) is 5.31. The van der Waals surface area contributed by atoms with Crippen LogP contribution in [0.5, 0.6) is 0 Å². The summed E-state index contributed by atoms with van der Waals surface area (Å²) >= 11 is 0. The molecule has 0 saturated heterocycles. The Labute approximate surface area is 150 Å². The van der Waals surface area contributed by atoms with Crippen molar-refractivity contribution < 1.29 is 5.11 Å². The summed E-state index contributed by atoms with van der Waals surface area (Å²) in [7, 11) is 0. The fourth-order valence-electron chi connectivity index (χ4n) is 3.80. The van der Waals surface area contributed by atoms with Gasteiger partial charge in [0.05, 0.1) is 23.1 Å². The van der Waals surface area contributed by atoms with E-state index in [1.807, 2.05) is 19.9 Å². The molecule has 1 aliphatic rings. The van der Waals surface area contributed by atoms with Crippen LogP contribution in [0, 0.1) is 6.92 Å². The van der Waals surface area contributed by atoms with Crippen molar-refractivity contribution in [2.45, 2.75) is 51.2 Å². The van der Waals surface area contributed by atoms with E-state index in [4.69, 9.17) is 5.73 Å². The van der Waals surface area contributed by atoms with Gasteiger partial charge in [-0.05, 0) is 45.6 Å². The molecule has 1 fully saturated rings. The Morgan fingerprint density at radius 2 is 2.08 bits per heavy atom. The van der Waals surface area contributed by atoms with Gasteiger partial charge in [-0.1, -0.05) is 0 Å². The van der Waals surface area contributed by atoms with Crippen LogP contribution in [0.3, 0.4) is 0 Å². The number of aliphatic hydroxyl groups is 1. The zero-order chi connectivity index (χ0) is 18.5. The molecule has 8 nitrogen and oxygen atoms in total. The summed E-state index contributed by atoms with van der Waals surface area (Å²) in [6.45, 7) is 3.70. The van der Waals surface area contributed by atoms with E-state index in [2.05, 4.69) is 20.2 Å². The minimum atomic E-state index is -0.679. The van der Waals surface area contributed by atoms with E-state index in [0.717, 1.165) is 16.6 Å². The highest BCUT2D eigenvalue weighted by molar-refractivity contribution is 5.83. The van der Waals surface area contributed by atoms with Crippen molar-refractivity contribution in [3.05, 3.63) is 34.5 Å². The Balaban J connectivity index is 1.97. The van der Waals surface area contributed by atoms with Crippen LogP contribution >= 0.6 is 0 Å². The van der Waals surface area contributed by atoms with E-state index in [1.54, 1.807) is 17.0 Å². The van der Waals surface area contributed by atoms with Gasteiger partial charge in [0, 0.05) is 23.2 Å². The van der Waals surface area contributed by atoms with Crippen LogP contribution in [0.15, 0.2) is 23.3 Å². The van der Waals surface area contributed by atoms with Gasteiger partial charge in [0.2, 0.25) is 5.95 Å². The number of nitrogens with two attached hydrogens (primary N) is 1. The summed E-state index contributed by atoms with van der Waals surface area (Å²) in [6, 6.07) is 1.78. The molecule has 0 radical (unpaired) electrons. The molecule has 0 aliphatic heterocycles. The molecule has 8 heteroatoms. The summed E-state index contributed by atoms with van der Waals surface area (Å²) in [6.07, 6.45) is 6.03. The predicted molar refractivity (Wildman–Crippen MR) is 98.7 cm³/mol. The lowest BCUT2D eigenvalue weighted by atomic mass is 9.83. The average molecular weight is 354 g/mol. The van der Waals surface area contributed by atoms with Gasteiger partial charge in [0.25, 0.3) is 5.56 Å². The van der Waals surface area contributed by atoms with Gasteiger partial charge in [-0.2, -0.15) is 10.1 Å². The minimum absolute atomic E-state index is 0.0363. The zero-order valence-electron chi connectivity index (χ0n) is 14.9. The molecule has 4 rings (SSSR count). The first-order chi connectivity index (χ1) is 12.4. The second-order valence-corrected chi connectivity index (χ2v) is 7.35. The van der Waals surface area contributed by atoms with E-state index < -0.39 is 5.60 Å². The molecule has 0 atom stereocenters. The van der Waals surface area contributed by atoms with E-state index in [9.17, 15) is 9.90 Å². The number of H-pyrrole nitrogens is 1. The standard InChI is InChI=1S/C18H22N6O2/c1-10-13-7-14(11-8-20-21-9-11)16(25)24(15(13)23-17(19)22-10)12-3-5-18(2,26)6-4-12/h7-9,12,26H,3-6H2,1-2H3,(H,20,21)(H2,19,22,23)/t12-,18+. The molecule has 0 bridgehead atoms. The van der Waals surface area contributed by atoms with Crippen LogP contribution in [-0.4, -0.2) is 35.4 Å². The molecule has 3 heterocycles. The number of anilines is 1. The summed E-state index contributed by atoms with van der Waals surface area (Å²) in [4.78, 5) is 21.9. The van der Waals surface area contributed by atoms with E-state index in [-0.39, 0.29) is 17.5 Å². The number of hydrogen-bond donors (Lipinski definition) is 3. The maximum Gasteiger partial charge on any atom is 0.260 e. The Hall–Kier alpha value is -2.74. The lowest BCUT2D eigenvalue weighted by Gasteiger charge is -2.34. The SMILES string of the molecule is Cc1nc(N)nc2c1cc(-c1cn[nH]c1)c(=O)n2[C@H]1CC[C@@](C)(O)CC1. The number of aromatic nitrogens is 5.